The Bertz CT molecular complexity index is 3460. The number of ether oxygens (including phenoxy) is 7. The number of anilines is 1. The number of aliphatic hydroxyl groups is 1. The van der Waals surface area contributed by atoms with E-state index in [1.807, 2.05) is 13.2 Å². The van der Waals surface area contributed by atoms with Crippen LogP contribution >= 0.6 is 11.8 Å². The van der Waals surface area contributed by atoms with Crippen molar-refractivity contribution < 1.29 is 96.4 Å². The number of benzene rings is 3. The molecular formula is C66H84N8O20S. The van der Waals surface area contributed by atoms with Gasteiger partial charge in [-0.15, -0.1) is 0 Å². The fraction of sp³-hybridized carbons (Fsp3) is 0.576. The minimum Gasteiger partial charge on any atom is -0.507 e. The van der Waals surface area contributed by atoms with Crippen molar-refractivity contribution in [3.63, 3.8) is 0 Å². The number of urea groups is 1. The van der Waals surface area contributed by atoms with Gasteiger partial charge >= 0.3 is 12.1 Å². The summed E-state index contributed by atoms with van der Waals surface area (Å²) in [5, 5.41) is 47.7. The van der Waals surface area contributed by atoms with Crippen molar-refractivity contribution in [1.29, 1.82) is 0 Å². The first-order valence-electron chi connectivity index (χ1n) is 32.2. The van der Waals surface area contributed by atoms with Gasteiger partial charge < -0.3 is 85.3 Å². The van der Waals surface area contributed by atoms with Gasteiger partial charge in [0.05, 0.1) is 53.8 Å². The highest BCUT2D eigenvalue weighted by molar-refractivity contribution is 8.00. The second-order valence-electron chi connectivity index (χ2n) is 25.4. The van der Waals surface area contributed by atoms with E-state index in [0.717, 1.165) is 0 Å². The van der Waals surface area contributed by atoms with Gasteiger partial charge in [-0.3, -0.25) is 43.3 Å². The Labute approximate surface area is 553 Å². The number of hydrogen-bond donors (Lipinski definition) is 8. The number of fused-ring (bicyclic) bond motifs is 6. The number of phenols is 2. The number of piperazine rings is 1. The maximum Gasteiger partial charge on any atom is 0.410 e. The largest absolute Gasteiger partial charge is 0.507 e. The predicted octanol–water partition coefficient (Wildman–Crippen LogP) is 3.48. The van der Waals surface area contributed by atoms with Crippen LogP contribution in [0.4, 0.5) is 15.3 Å². The maximum atomic E-state index is 14.8. The summed E-state index contributed by atoms with van der Waals surface area (Å²) in [6.45, 7) is 5.99. The van der Waals surface area contributed by atoms with Crippen molar-refractivity contribution in [1.82, 2.24) is 30.7 Å². The van der Waals surface area contributed by atoms with E-state index in [1.165, 1.54) is 54.0 Å². The Morgan fingerprint density at radius 1 is 0.853 bits per heavy atom. The van der Waals surface area contributed by atoms with Crippen LogP contribution in [-0.2, 0) is 70.2 Å². The van der Waals surface area contributed by atoms with Gasteiger partial charge in [0.25, 0.3) is 5.91 Å². The maximum absolute atomic E-state index is 14.8. The Morgan fingerprint density at radius 2 is 1.58 bits per heavy atom. The number of Topliss-reactive ketones (excluding diaryl/α,β-unsaturated/α-hetero) is 2. The number of phenolic OH excluding ortho intramolecular Hbond substituents is 2. The lowest BCUT2D eigenvalue weighted by Crippen LogP contribution is -2.59. The Hall–Kier alpha value is -7.77. The molecule has 1 saturated carbocycles. The molecule has 0 spiro atoms. The average Bonchev–Trinajstić information content (AvgIpc) is 1.02. The summed E-state index contributed by atoms with van der Waals surface area (Å²) < 4.78 is 42.0. The van der Waals surface area contributed by atoms with Crippen LogP contribution in [0, 0.1) is 11.8 Å². The molecule has 7 amide bonds. The molecule has 10 rings (SSSR count). The lowest BCUT2D eigenvalue weighted by molar-refractivity contribution is -0.256. The number of ketones is 4. The van der Waals surface area contributed by atoms with Gasteiger partial charge in [0.1, 0.15) is 53.4 Å². The van der Waals surface area contributed by atoms with Crippen molar-refractivity contribution in [2.45, 2.75) is 164 Å². The van der Waals surface area contributed by atoms with E-state index in [1.54, 1.807) is 38.1 Å². The van der Waals surface area contributed by atoms with Crippen LogP contribution in [0.2, 0.25) is 0 Å². The van der Waals surface area contributed by atoms with Gasteiger partial charge in [0, 0.05) is 107 Å². The highest BCUT2D eigenvalue weighted by Gasteiger charge is 2.56. The van der Waals surface area contributed by atoms with Crippen molar-refractivity contribution in [3.05, 3.63) is 81.4 Å². The van der Waals surface area contributed by atoms with Crippen LogP contribution in [0.1, 0.15) is 140 Å². The summed E-state index contributed by atoms with van der Waals surface area (Å²) in [5.74, 6) is -6.28. The standard InChI is InChI=1S/C66H84N8O20S/c1-33(2)52(71-46(76)16-9-7-8-12-37-42(75)29-45(95-6)53(37)77)60(83)70-40(14-11-21-68-64(67)85)59(82)69-36-19-17-35(18-20-36)32-91-65(86)73-24-22-72(23-25-73)63(84)66(87)30-39-49(57(81)51-50(55(39)79)54(78)38-13-10-15-43(88-4)48(38)56(51)80)44(31-66)93-47-28-41-58(34(3)92-47)94-61-62(89-5)90-27-26-74(41)61/h10,13,15,17-20,33-34,37,40-41,44-45,47,52,58,61-62,79,81,87H,7-9,11-12,14,16,21-32H2,1-6H3,(H,69,82)(H,70,83)(H,71,76)(H3,67,68,85)/t34-,37?,40-,41-,44-,45?,47-,52-,58+,61+,62-,66-/m0/s1. The van der Waals surface area contributed by atoms with Gasteiger partial charge in [-0.25, -0.2) is 9.59 Å². The molecule has 9 N–H and O–H groups in total. The molecule has 28 nitrogen and oxygen atoms in total. The summed E-state index contributed by atoms with van der Waals surface area (Å²) in [6, 6.07) is 7.66. The fourth-order valence-corrected chi connectivity index (χ4v) is 14.7. The number of morpholine rings is 1. The molecule has 2 unspecified atom stereocenters. The number of nitrogens with one attached hydrogen (secondary N) is 4. The van der Waals surface area contributed by atoms with E-state index >= 15 is 0 Å². The van der Waals surface area contributed by atoms with Crippen molar-refractivity contribution in [3.8, 4) is 17.2 Å². The summed E-state index contributed by atoms with van der Waals surface area (Å²) in [6.07, 6.45) is -1.56. The van der Waals surface area contributed by atoms with Crippen molar-refractivity contribution in [2.75, 3.05) is 71.7 Å². The minimum absolute atomic E-state index is 0.0122. The molecular weight excluding hydrogens is 1260 g/mol. The Kier molecular flexibility index (Phi) is 22.2. The number of aromatic hydroxyl groups is 2. The van der Waals surface area contributed by atoms with E-state index in [-0.39, 0.29) is 134 Å². The van der Waals surface area contributed by atoms with E-state index in [9.17, 15) is 63.3 Å². The van der Waals surface area contributed by atoms with Crippen LogP contribution in [0.25, 0.3) is 0 Å². The summed E-state index contributed by atoms with van der Waals surface area (Å²) >= 11 is 1.38. The lowest BCUT2D eigenvalue weighted by atomic mass is 9.72. The molecule has 7 aliphatic rings. The molecule has 3 aromatic rings. The van der Waals surface area contributed by atoms with Crippen LogP contribution in [0.5, 0.6) is 17.2 Å². The number of nitrogens with zero attached hydrogens (tertiary/aromatic N) is 3. The molecule has 0 bridgehead atoms. The highest BCUT2D eigenvalue weighted by atomic mass is 32.2. The number of primary amides is 1. The number of hydrogen-bond acceptors (Lipinski definition) is 22. The molecule has 3 aromatic carbocycles. The molecule has 12 atom stereocenters. The number of nitrogens with two attached hydrogens (primary N) is 1. The van der Waals surface area contributed by atoms with Crippen molar-refractivity contribution in [2.24, 2.45) is 17.6 Å². The number of unbranched alkanes of at least 4 members (excludes halogenated alkanes) is 2. The van der Waals surface area contributed by atoms with Crippen LogP contribution in [0.3, 0.4) is 0 Å². The third kappa shape index (κ3) is 15.0. The number of rotatable bonds is 24. The number of carbonyl (C=O) groups excluding carboxylic acids is 10. The third-order valence-electron chi connectivity index (χ3n) is 19.0. The molecule has 0 radical (unpaired) electrons. The smallest absolute Gasteiger partial charge is 0.410 e. The van der Waals surface area contributed by atoms with Gasteiger partial charge in [0.15, 0.2) is 30.4 Å². The van der Waals surface area contributed by atoms with Crippen LogP contribution in [0.15, 0.2) is 42.5 Å². The predicted molar refractivity (Wildman–Crippen MR) is 339 cm³/mol. The molecule has 3 aliphatic carbocycles. The lowest BCUT2D eigenvalue weighted by Gasteiger charge is -2.45. The van der Waals surface area contributed by atoms with E-state index in [2.05, 4.69) is 26.2 Å². The van der Waals surface area contributed by atoms with Gasteiger partial charge in [0.2, 0.25) is 23.5 Å². The molecule has 4 aliphatic heterocycles. The monoisotopic (exact) mass is 1340 g/mol. The Balaban J connectivity index is 0.751. The second kappa shape index (κ2) is 30.1. The first-order valence-corrected chi connectivity index (χ1v) is 33.5. The third-order valence-corrected chi connectivity index (χ3v) is 19.9. The number of carbonyl (C=O) groups is 10. The minimum atomic E-state index is -2.34. The van der Waals surface area contributed by atoms with E-state index in [0.29, 0.717) is 50.1 Å². The molecule has 95 heavy (non-hydrogen) atoms. The van der Waals surface area contributed by atoms with Gasteiger partial charge in [-0.1, -0.05) is 51.0 Å². The molecule has 4 heterocycles. The Morgan fingerprint density at radius 3 is 2.26 bits per heavy atom. The first kappa shape index (κ1) is 70.0. The zero-order chi connectivity index (χ0) is 68.2. The molecule has 514 valence electrons. The van der Waals surface area contributed by atoms with E-state index in [4.69, 9.17) is 38.9 Å². The average molecular weight is 1340 g/mol. The number of thioether (sulfide) groups is 1. The molecule has 5 fully saturated rings. The summed E-state index contributed by atoms with van der Waals surface area (Å²) in [4.78, 5) is 139. The zero-order valence-electron chi connectivity index (χ0n) is 54.0. The van der Waals surface area contributed by atoms with Gasteiger partial charge in [-0.05, 0) is 68.5 Å². The first-order chi connectivity index (χ1) is 45.4. The SMILES string of the molecule is COc1cccc2c1C(=O)c1c(O)c3c(c(O)c1C2=O)C[C@@](O)(C(=O)N1CCN(C(=O)OCc2ccc(NC(=O)[C@H](CCCNC(N)=O)NC(=O)[C@@H](NC(=O)CCCCCC4C(=O)CC(SC)C4=O)C(C)C)cc2)CC1)C[C@@H]3O[C@H]1C[C@H]2[C@H](O[C@@H]3[C@@H](OC)OCCN32)[C@H](C)O1. The van der Waals surface area contributed by atoms with Gasteiger partial charge in [-0.2, -0.15) is 11.8 Å². The molecule has 29 heteroatoms. The van der Waals surface area contributed by atoms with Crippen LogP contribution < -0.4 is 31.7 Å². The zero-order valence-corrected chi connectivity index (χ0v) is 54.8. The van der Waals surface area contributed by atoms with Crippen LogP contribution in [-0.4, -0.2) is 215 Å². The topological polar surface area (TPSA) is 380 Å². The molecule has 0 aromatic heterocycles. The molecule has 4 saturated heterocycles. The highest BCUT2D eigenvalue weighted by Crippen LogP contribution is 2.53. The second-order valence-corrected chi connectivity index (χ2v) is 26.5. The van der Waals surface area contributed by atoms with E-state index < -0.39 is 138 Å². The fourth-order valence-electron chi connectivity index (χ4n) is 14.0. The van der Waals surface area contributed by atoms with Crippen molar-refractivity contribution >= 4 is 76.3 Å². The normalized spacial score (nSPS) is 26.1. The number of methoxy groups -OCH3 is 2. The summed E-state index contributed by atoms with van der Waals surface area (Å²) in [5.41, 5.74) is 2.32. The summed E-state index contributed by atoms with van der Waals surface area (Å²) in [7, 11) is 2.85. The quantitative estimate of drug-likeness (QED) is 0.0283. The number of amides is 7.